The maximum Gasteiger partial charge on any atom is 0.230 e. The molecule has 3 fully saturated rings. The molecule has 1 aliphatic carbocycles. The van der Waals surface area contributed by atoms with E-state index in [1.54, 1.807) is 11.0 Å². The standard InChI is InChI=1S/C27H32F2N4O3/c1-15(2)36-20-5-3-16(4-6-20)27(34)33-12-17-7-18(28)11-30-26(17)31-23-9-22(29)24(10-25(23)33)32-13-21-8-19(32)14-35-21/h7,9-11,15-16,19-21H,3-6,8,12-14H2,1-2H3,(H,30,31)/t16-,19-,20-,21-/m0/s1. The Hall–Kier alpha value is -2.78. The molecular weight excluding hydrogens is 466 g/mol. The maximum absolute atomic E-state index is 15.4. The van der Waals surface area contributed by atoms with Crippen molar-refractivity contribution in [3.8, 4) is 0 Å². The number of fused-ring (bicyclic) bond motifs is 4. The number of halogens is 2. The minimum absolute atomic E-state index is 0.0259. The van der Waals surface area contributed by atoms with Crippen molar-refractivity contribution in [1.82, 2.24) is 4.98 Å². The van der Waals surface area contributed by atoms with E-state index in [9.17, 15) is 9.18 Å². The highest BCUT2D eigenvalue weighted by Gasteiger charge is 2.41. The van der Waals surface area contributed by atoms with Crippen molar-refractivity contribution in [2.75, 3.05) is 28.3 Å². The van der Waals surface area contributed by atoms with Crippen molar-refractivity contribution >= 4 is 28.8 Å². The van der Waals surface area contributed by atoms with Crippen LogP contribution in [0.4, 0.5) is 31.7 Å². The molecule has 3 aliphatic heterocycles. The highest BCUT2D eigenvalue weighted by atomic mass is 19.1. The molecule has 0 radical (unpaired) electrons. The summed E-state index contributed by atoms with van der Waals surface area (Å²) in [6.07, 6.45) is 5.55. The highest BCUT2D eigenvalue weighted by molar-refractivity contribution is 6.00. The minimum Gasteiger partial charge on any atom is -0.376 e. The molecule has 1 aromatic heterocycles. The Morgan fingerprint density at radius 2 is 1.97 bits per heavy atom. The topological polar surface area (TPSA) is 66.9 Å². The number of benzene rings is 1. The second-order valence-corrected chi connectivity index (χ2v) is 10.7. The molecule has 6 rings (SSSR count). The van der Waals surface area contributed by atoms with E-state index in [-0.39, 0.29) is 48.5 Å². The summed E-state index contributed by atoms with van der Waals surface area (Å²) in [6, 6.07) is 4.73. The number of hydrogen-bond acceptors (Lipinski definition) is 6. The van der Waals surface area contributed by atoms with Gasteiger partial charge < -0.3 is 24.6 Å². The van der Waals surface area contributed by atoms with Gasteiger partial charge in [-0.15, -0.1) is 0 Å². The number of aromatic nitrogens is 1. The Balaban J connectivity index is 1.34. The molecule has 1 aromatic carbocycles. The number of nitrogens with zero attached hydrogens (tertiary/aromatic N) is 3. The molecule has 9 heteroatoms. The predicted octanol–water partition coefficient (Wildman–Crippen LogP) is 4.91. The van der Waals surface area contributed by atoms with Gasteiger partial charge in [-0.3, -0.25) is 4.79 Å². The summed E-state index contributed by atoms with van der Waals surface area (Å²) in [5.41, 5.74) is 2.09. The van der Waals surface area contributed by atoms with Crippen LogP contribution in [-0.4, -0.2) is 48.4 Å². The second-order valence-electron chi connectivity index (χ2n) is 10.7. The molecule has 1 amide bonds. The third-order valence-corrected chi connectivity index (χ3v) is 7.83. The summed E-state index contributed by atoms with van der Waals surface area (Å²) < 4.78 is 41.2. The number of rotatable bonds is 4. The Bertz CT molecular complexity index is 1170. The smallest absolute Gasteiger partial charge is 0.230 e. The van der Waals surface area contributed by atoms with E-state index in [0.29, 0.717) is 41.6 Å². The number of carbonyl (C=O) groups is 1. The molecular formula is C27H32F2N4O3. The fourth-order valence-corrected chi connectivity index (χ4v) is 6.13. The quantitative estimate of drug-likeness (QED) is 0.646. The van der Waals surface area contributed by atoms with Crippen LogP contribution < -0.4 is 15.1 Å². The summed E-state index contributed by atoms with van der Waals surface area (Å²) in [7, 11) is 0. The molecule has 1 saturated carbocycles. The molecule has 36 heavy (non-hydrogen) atoms. The van der Waals surface area contributed by atoms with Crippen LogP contribution in [0.1, 0.15) is 51.5 Å². The van der Waals surface area contributed by atoms with E-state index in [1.807, 2.05) is 13.8 Å². The third-order valence-electron chi connectivity index (χ3n) is 7.83. The van der Waals surface area contributed by atoms with E-state index < -0.39 is 5.82 Å². The van der Waals surface area contributed by atoms with Gasteiger partial charge in [-0.25, -0.2) is 13.8 Å². The lowest BCUT2D eigenvalue weighted by Gasteiger charge is -2.34. The first-order valence-electron chi connectivity index (χ1n) is 13.0. The van der Waals surface area contributed by atoms with Crippen LogP contribution in [0.25, 0.3) is 0 Å². The van der Waals surface area contributed by atoms with Gasteiger partial charge in [-0.1, -0.05) is 0 Å². The second kappa shape index (κ2) is 9.27. The number of pyridine rings is 1. The lowest BCUT2D eigenvalue weighted by atomic mass is 9.86. The molecule has 4 aliphatic rings. The van der Waals surface area contributed by atoms with Gasteiger partial charge in [0.2, 0.25) is 5.91 Å². The zero-order valence-electron chi connectivity index (χ0n) is 20.7. The SMILES string of the molecule is CC(C)O[C@H]1CC[C@H](C(=O)N2Cc3cc(F)cnc3Nc3cc(F)c(N4C[C@@H]5C[C@H]4CO5)cc32)CC1. The monoisotopic (exact) mass is 498 g/mol. The number of carbonyl (C=O) groups excluding carboxylic acids is 1. The number of hydrogen-bond donors (Lipinski definition) is 1. The van der Waals surface area contributed by atoms with Crippen LogP contribution in [-0.2, 0) is 20.8 Å². The Morgan fingerprint density at radius 1 is 1.17 bits per heavy atom. The molecule has 0 unspecified atom stereocenters. The van der Waals surface area contributed by atoms with Gasteiger partial charge in [0, 0.05) is 24.1 Å². The Kier molecular flexibility index (Phi) is 6.08. The number of anilines is 4. The van der Waals surface area contributed by atoms with Crippen molar-refractivity contribution in [2.45, 2.75) is 76.9 Å². The largest absolute Gasteiger partial charge is 0.376 e. The van der Waals surface area contributed by atoms with Gasteiger partial charge in [-0.2, -0.15) is 0 Å². The van der Waals surface area contributed by atoms with E-state index in [0.717, 1.165) is 38.3 Å². The first-order chi connectivity index (χ1) is 17.4. The minimum atomic E-state index is -0.472. The number of amides is 1. The molecule has 0 spiro atoms. The summed E-state index contributed by atoms with van der Waals surface area (Å²) in [4.78, 5) is 21.9. The predicted molar refractivity (Wildman–Crippen MR) is 133 cm³/mol. The van der Waals surface area contributed by atoms with E-state index >= 15 is 4.39 Å². The van der Waals surface area contributed by atoms with Crippen molar-refractivity contribution in [2.24, 2.45) is 5.92 Å². The molecule has 192 valence electrons. The van der Waals surface area contributed by atoms with Crippen LogP contribution in [0.2, 0.25) is 0 Å². The normalized spacial score (nSPS) is 27.0. The van der Waals surface area contributed by atoms with E-state index in [1.165, 1.54) is 12.1 Å². The van der Waals surface area contributed by atoms with Gasteiger partial charge in [0.25, 0.3) is 0 Å². The van der Waals surface area contributed by atoms with Crippen LogP contribution in [0.3, 0.4) is 0 Å². The highest BCUT2D eigenvalue weighted by Crippen LogP contribution is 2.43. The van der Waals surface area contributed by atoms with Gasteiger partial charge in [-0.05, 0) is 58.1 Å². The van der Waals surface area contributed by atoms with Crippen LogP contribution in [0, 0.1) is 17.6 Å². The first-order valence-corrected chi connectivity index (χ1v) is 13.0. The van der Waals surface area contributed by atoms with Crippen LogP contribution in [0.5, 0.6) is 0 Å². The lowest BCUT2D eigenvalue weighted by molar-refractivity contribution is -0.124. The molecule has 2 saturated heterocycles. The summed E-state index contributed by atoms with van der Waals surface area (Å²) in [5, 5.41) is 3.16. The maximum atomic E-state index is 15.4. The molecule has 4 heterocycles. The molecule has 7 nitrogen and oxygen atoms in total. The van der Waals surface area contributed by atoms with Gasteiger partial charge in [0.05, 0.1) is 60.8 Å². The number of morpholine rings is 1. The first kappa shape index (κ1) is 23.6. The average Bonchev–Trinajstić information content (AvgIpc) is 3.44. The Labute approximate surface area is 209 Å². The lowest BCUT2D eigenvalue weighted by Crippen LogP contribution is -2.39. The third kappa shape index (κ3) is 4.32. The van der Waals surface area contributed by atoms with Crippen LogP contribution in [0.15, 0.2) is 24.4 Å². The zero-order valence-corrected chi connectivity index (χ0v) is 20.7. The van der Waals surface area contributed by atoms with E-state index in [2.05, 4.69) is 15.2 Å². The molecule has 2 aromatic rings. The molecule has 2 atom stereocenters. The average molecular weight is 499 g/mol. The number of nitrogens with one attached hydrogen (secondary N) is 1. The number of ether oxygens (including phenoxy) is 2. The van der Waals surface area contributed by atoms with Gasteiger partial charge in [0.15, 0.2) is 0 Å². The molecule has 1 N–H and O–H groups in total. The zero-order chi connectivity index (χ0) is 25.0. The van der Waals surface area contributed by atoms with E-state index in [4.69, 9.17) is 9.47 Å². The Morgan fingerprint density at radius 3 is 2.67 bits per heavy atom. The van der Waals surface area contributed by atoms with Crippen molar-refractivity contribution < 1.29 is 23.0 Å². The van der Waals surface area contributed by atoms with Crippen molar-refractivity contribution in [3.63, 3.8) is 0 Å². The van der Waals surface area contributed by atoms with Crippen molar-refractivity contribution in [3.05, 3.63) is 41.6 Å². The van der Waals surface area contributed by atoms with Gasteiger partial charge in [0.1, 0.15) is 17.5 Å². The fourth-order valence-electron chi connectivity index (χ4n) is 6.13. The van der Waals surface area contributed by atoms with Crippen LogP contribution >= 0.6 is 0 Å². The summed E-state index contributed by atoms with van der Waals surface area (Å²) >= 11 is 0. The van der Waals surface area contributed by atoms with Gasteiger partial charge >= 0.3 is 0 Å². The summed E-state index contributed by atoms with van der Waals surface area (Å²) in [5.74, 6) is -0.597. The fraction of sp³-hybridized carbons (Fsp3) is 0.556. The molecule has 2 bridgehead atoms. The van der Waals surface area contributed by atoms with Crippen molar-refractivity contribution in [1.29, 1.82) is 0 Å². The summed E-state index contributed by atoms with van der Waals surface area (Å²) in [6.45, 7) is 5.44.